The molecule has 2 atom stereocenters. The number of fused-ring (bicyclic) bond motifs is 1. The van der Waals surface area contributed by atoms with Crippen molar-refractivity contribution in [1.82, 2.24) is 20.3 Å². The van der Waals surface area contributed by atoms with E-state index in [1.54, 1.807) is 7.05 Å². The Morgan fingerprint density at radius 3 is 2.70 bits per heavy atom. The van der Waals surface area contributed by atoms with Crippen LogP contribution in [-0.2, 0) is 0 Å². The van der Waals surface area contributed by atoms with Gasteiger partial charge in [0.1, 0.15) is 5.82 Å². The minimum absolute atomic E-state index is 0.290. The molecule has 1 saturated heterocycles. The molecule has 6 nitrogen and oxygen atoms in total. The van der Waals surface area contributed by atoms with Crippen molar-refractivity contribution in [3.8, 4) is 0 Å². The number of pyridine rings is 1. The molecule has 0 aromatic carbocycles. The summed E-state index contributed by atoms with van der Waals surface area (Å²) < 4.78 is 26.1. The van der Waals surface area contributed by atoms with Crippen LogP contribution in [0.25, 0.3) is 11.0 Å². The van der Waals surface area contributed by atoms with Crippen LogP contribution < -0.4 is 16.0 Å². The smallest absolute Gasteiger partial charge is 0.244 e. The molecule has 2 aromatic rings. The number of hydrogen-bond acceptors (Lipinski definition) is 6. The first-order chi connectivity index (χ1) is 11.0. The Balaban J connectivity index is 1.98. The number of anilines is 2. The van der Waals surface area contributed by atoms with Crippen molar-refractivity contribution in [3.05, 3.63) is 17.3 Å². The van der Waals surface area contributed by atoms with Gasteiger partial charge >= 0.3 is 0 Å². The highest BCUT2D eigenvalue weighted by Crippen LogP contribution is 2.26. The summed E-state index contributed by atoms with van der Waals surface area (Å²) in [6, 6.07) is 1.57. The third-order valence-electron chi connectivity index (χ3n) is 4.13. The van der Waals surface area contributed by atoms with Crippen LogP contribution in [0.3, 0.4) is 0 Å². The lowest BCUT2D eigenvalue weighted by molar-refractivity contribution is 0.0825. The molecular formula is C15H20F2N6. The number of rotatable bonds is 4. The van der Waals surface area contributed by atoms with Gasteiger partial charge in [0, 0.05) is 25.8 Å². The highest BCUT2D eigenvalue weighted by Gasteiger charge is 2.34. The molecule has 0 amide bonds. The number of aromatic nitrogens is 3. The van der Waals surface area contributed by atoms with E-state index < -0.39 is 18.4 Å². The monoisotopic (exact) mass is 322 g/mol. The topological polar surface area (TPSA) is 74.8 Å². The van der Waals surface area contributed by atoms with Crippen molar-refractivity contribution in [2.45, 2.75) is 26.3 Å². The van der Waals surface area contributed by atoms with Gasteiger partial charge in [-0.15, -0.1) is 0 Å². The lowest BCUT2D eigenvalue weighted by atomic mass is 10.1. The molecule has 124 valence electrons. The standard InChI is InChI=1S/C15H20F2N6/c1-7-4-8(2)20-14-11(7)13(18-3)22-15(23-14)21-10-6-19-5-9(10)12(16)17/h4,9-10,12,19H,5-6H2,1-3H3,(H2,18,20,21,22,23). The van der Waals surface area contributed by atoms with Crippen LogP contribution in [0.15, 0.2) is 6.07 Å². The van der Waals surface area contributed by atoms with Gasteiger partial charge in [0.15, 0.2) is 5.65 Å². The average molecular weight is 322 g/mol. The van der Waals surface area contributed by atoms with Gasteiger partial charge in [0.05, 0.1) is 17.3 Å². The zero-order valence-corrected chi connectivity index (χ0v) is 13.3. The first-order valence-corrected chi connectivity index (χ1v) is 7.58. The van der Waals surface area contributed by atoms with Crippen molar-refractivity contribution in [2.24, 2.45) is 5.92 Å². The van der Waals surface area contributed by atoms with Gasteiger partial charge in [-0.25, -0.2) is 13.8 Å². The molecule has 1 fully saturated rings. The summed E-state index contributed by atoms with van der Waals surface area (Å²) in [4.78, 5) is 13.3. The van der Waals surface area contributed by atoms with E-state index in [2.05, 4.69) is 30.9 Å². The molecule has 2 unspecified atom stereocenters. The molecule has 23 heavy (non-hydrogen) atoms. The van der Waals surface area contributed by atoms with Crippen LogP contribution in [0.4, 0.5) is 20.5 Å². The normalized spacial score (nSPS) is 21.1. The fourth-order valence-electron chi connectivity index (χ4n) is 3.01. The first-order valence-electron chi connectivity index (χ1n) is 7.58. The zero-order chi connectivity index (χ0) is 16.6. The minimum atomic E-state index is -2.38. The number of hydrogen-bond donors (Lipinski definition) is 3. The molecule has 0 spiro atoms. The maximum atomic E-state index is 13.1. The molecule has 3 heterocycles. The second-order valence-electron chi connectivity index (χ2n) is 5.83. The molecule has 3 N–H and O–H groups in total. The third kappa shape index (κ3) is 3.03. The van der Waals surface area contributed by atoms with Crippen molar-refractivity contribution in [3.63, 3.8) is 0 Å². The van der Waals surface area contributed by atoms with Crippen molar-refractivity contribution >= 4 is 22.8 Å². The van der Waals surface area contributed by atoms with E-state index >= 15 is 0 Å². The molecule has 3 rings (SSSR count). The van der Waals surface area contributed by atoms with E-state index in [0.29, 0.717) is 24.0 Å². The maximum absolute atomic E-state index is 13.1. The lowest BCUT2D eigenvalue weighted by Gasteiger charge is -2.20. The van der Waals surface area contributed by atoms with Gasteiger partial charge in [-0.1, -0.05) is 0 Å². The van der Waals surface area contributed by atoms with E-state index in [0.717, 1.165) is 16.6 Å². The summed E-state index contributed by atoms with van der Waals surface area (Å²) in [5.41, 5.74) is 2.44. The maximum Gasteiger partial charge on any atom is 0.244 e. The predicted molar refractivity (Wildman–Crippen MR) is 86.1 cm³/mol. The van der Waals surface area contributed by atoms with Crippen LogP contribution >= 0.6 is 0 Å². The summed E-state index contributed by atoms with van der Waals surface area (Å²) in [5, 5.41) is 9.89. The highest BCUT2D eigenvalue weighted by molar-refractivity contribution is 5.90. The Morgan fingerprint density at radius 1 is 1.22 bits per heavy atom. The van der Waals surface area contributed by atoms with Crippen LogP contribution in [0.5, 0.6) is 0 Å². The Labute approximate surface area is 133 Å². The fraction of sp³-hybridized carbons (Fsp3) is 0.533. The Bertz CT molecular complexity index is 721. The summed E-state index contributed by atoms with van der Waals surface area (Å²) >= 11 is 0. The molecule has 0 aliphatic carbocycles. The molecule has 0 bridgehead atoms. The molecule has 0 radical (unpaired) electrons. The SMILES string of the molecule is CNc1nc(NC2CNCC2C(F)F)nc2nc(C)cc(C)c12. The third-order valence-corrected chi connectivity index (χ3v) is 4.13. The van der Waals surface area contributed by atoms with Gasteiger partial charge in [-0.3, -0.25) is 0 Å². The minimum Gasteiger partial charge on any atom is -0.372 e. The van der Waals surface area contributed by atoms with Crippen LogP contribution in [0.1, 0.15) is 11.3 Å². The van der Waals surface area contributed by atoms with Gasteiger partial charge < -0.3 is 16.0 Å². The Morgan fingerprint density at radius 2 is 2.00 bits per heavy atom. The second kappa shape index (κ2) is 6.19. The summed E-state index contributed by atoms with van der Waals surface area (Å²) in [5.74, 6) is 0.209. The lowest BCUT2D eigenvalue weighted by Crippen LogP contribution is -2.33. The van der Waals surface area contributed by atoms with Gasteiger partial charge in [-0.05, 0) is 25.5 Å². The number of alkyl halides is 2. The van der Waals surface area contributed by atoms with E-state index in [1.165, 1.54) is 0 Å². The zero-order valence-electron chi connectivity index (χ0n) is 13.3. The van der Waals surface area contributed by atoms with Gasteiger partial charge in [-0.2, -0.15) is 9.97 Å². The number of aryl methyl sites for hydroxylation is 2. The molecular weight excluding hydrogens is 302 g/mol. The quantitative estimate of drug-likeness (QED) is 0.799. The molecule has 1 aliphatic heterocycles. The Kier molecular flexibility index (Phi) is 4.25. The summed E-state index contributed by atoms with van der Waals surface area (Å²) in [6.45, 7) is 4.63. The number of nitrogens with one attached hydrogen (secondary N) is 3. The number of halogens is 2. The van der Waals surface area contributed by atoms with E-state index in [1.807, 2.05) is 19.9 Å². The summed E-state index contributed by atoms with van der Waals surface area (Å²) in [6.07, 6.45) is -2.38. The van der Waals surface area contributed by atoms with Crippen molar-refractivity contribution < 1.29 is 8.78 Å². The first kappa shape index (κ1) is 15.8. The van der Waals surface area contributed by atoms with Crippen molar-refractivity contribution in [2.75, 3.05) is 30.8 Å². The molecule has 0 saturated carbocycles. The highest BCUT2D eigenvalue weighted by atomic mass is 19.3. The number of nitrogens with zero attached hydrogens (tertiary/aromatic N) is 3. The van der Waals surface area contributed by atoms with E-state index in [9.17, 15) is 8.78 Å². The molecule has 2 aromatic heterocycles. The molecule has 8 heteroatoms. The van der Waals surface area contributed by atoms with Crippen LogP contribution in [0.2, 0.25) is 0 Å². The van der Waals surface area contributed by atoms with Gasteiger partial charge in [0.2, 0.25) is 12.4 Å². The fourth-order valence-corrected chi connectivity index (χ4v) is 3.01. The second-order valence-corrected chi connectivity index (χ2v) is 5.83. The van der Waals surface area contributed by atoms with E-state index in [4.69, 9.17) is 0 Å². The summed E-state index contributed by atoms with van der Waals surface area (Å²) in [7, 11) is 1.77. The average Bonchev–Trinajstić information content (AvgIpc) is 2.94. The Hall–Kier alpha value is -2.09. The van der Waals surface area contributed by atoms with Gasteiger partial charge in [0.25, 0.3) is 0 Å². The predicted octanol–water partition coefficient (Wildman–Crippen LogP) is 1.95. The molecule has 1 aliphatic rings. The van der Waals surface area contributed by atoms with Crippen molar-refractivity contribution in [1.29, 1.82) is 0 Å². The van der Waals surface area contributed by atoms with E-state index in [-0.39, 0.29) is 6.54 Å². The van der Waals surface area contributed by atoms with Crippen LogP contribution in [0, 0.1) is 19.8 Å². The van der Waals surface area contributed by atoms with Crippen LogP contribution in [-0.4, -0.2) is 47.6 Å². The largest absolute Gasteiger partial charge is 0.372 e.